The van der Waals surface area contributed by atoms with Crippen molar-refractivity contribution in [2.75, 3.05) is 26.1 Å². The fourth-order valence-corrected chi connectivity index (χ4v) is 2.56. The summed E-state index contributed by atoms with van der Waals surface area (Å²) in [4.78, 5) is 11.8. The van der Waals surface area contributed by atoms with E-state index in [1.54, 1.807) is 14.2 Å². The molecule has 2 N–H and O–H groups in total. The summed E-state index contributed by atoms with van der Waals surface area (Å²) in [5.74, 6) is 0.741. The lowest BCUT2D eigenvalue weighted by Crippen LogP contribution is -2.32. The van der Waals surface area contributed by atoms with Gasteiger partial charge in [-0.25, -0.2) is 4.79 Å². The monoisotopic (exact) mass is 306 g/mol. The lowest BCUT2D eigenvalue weighted by molar-refractivity contribution is 0.102. The molecule has 1 aromatic carbocycles. The Bertz CT molecular complexity index is 572. The topological polar surface area (TPSA) is 59.6 Å². The predicted molar refractivity (Wildman–Crippen MR) is 84.1 cm³/mol. The van der Waals surface area contributed by atoms with Gasteiger partial charge < -0.3 is 14.8 Å². The minimum atomic E-state index is -0.268. The van der Waals surface area contributed by atoms with Gasteiger partial charge in [0, 0.05) is 19.2 Å². The first-order valence-corrected chi connectivity index (χ1v) is 7.36. The number of methoxy groups -OCH3 is 2. The second kappa shape index (κ2) is 7.66. The number of ether oxygens (including phenoxy) is 2. The molecule has 0 aliphatic carbocycles. The summed E-state index contributed by atoms with van der Waals surface area (Å²) >= 11 is 1.47. The average molecular weight is 306 g/mol. The number of benzene rings is 1. The Hall–Kier alpha value is -2.05. The van der Waals surface area contributed by atoms with Crippen molar-refractivity contribution >= 4 is 22.4 Å². The van der Waals surface area contributed by atoms with Gasteiger partial charge in [0.2, 0.25) is 0 Å². The van der Waals surface area contributed by atoms with Gasteiger partial charge >= 0.3 is 6.03 Å². The molecular weight excluding hydrogens is 288 g/mol. The largest absolute Gasteiger partial charge is 0.496 e. The molecule has 1 heterocycles. The average Bonchev–Trinajstić information content (AvgIpc) is 3.01. The van der Waals surface area contributed by atoms with E-state index in [9.17, 15) is 4.79 Å². The number of urea groups is 1. The number of carbonyl (C=O) groups is 1. The molecule has 0 saturated carbocycles. The zero-order valence-electron chi connectivity index (χ0n) is 12.0. The second-order valence-corrected chi connectivity index (χ2v) is 5.23. The summed E-state index contributed by atoms with van der Waals surface area (Å²) in [5, 5.41) is 8.27. The highest BCUT2D eigenvalue weighted by molar-refractivity contribution is 7.14. The van der Waals surface area contributed by atoms with Gasteiger partial charge in [-0.15, -0.1) is 11.3 Å². The lowest BCUT2D eigenvalue weighted by atomic mass is 10.1. The van der Waals surface area contributed by atoms with Gasteiger partial charge in [-0.2, -0.15) is 0 Å². The van der Waals surface area contributed by atoms with Crippen LogP contribution in [0.25, 0.3) is 0 Å². The molecular formula is C15H18N2O3S. The van der Waals surface area contributed by atoms with Gasteiger partial charge in [0.1, 0.15) is 11.9 Å². The van der Waals surface area contributed by atoms with Crippen molar-refractivity contribution in [1.29, 1.82) is 0 Å². The maximum Gasteiger partial charge on any atom is 0.319 e. The van der Waals surface area contributed by atoms with Gasteiger partial charge in [0.15, 0.2) is 0 Å². The summed E-state index contributed by atoms with van der Waals surface area (Å²) in [6.07, 6.45) is -0.268. The number of para-hydroxylation sites is 1. The van der Waals surface area contributed by atoms with E-state index in [4.69, 9.17) is 9.47 Å². The number of hydrogen-bond acceptors (Lipinski definition) is 4. The van der Waals surface area contributed by atoms with E-state index in [0.717, 1.165) is 16.3 Å². The van der Waals surface area contributed by atoms with Crippen LogP contribution in [0.2, 0.25) is 0 Å². The van der Waals surface area contributed by atoms with E-state index in [1.807, 2.05) is 41.8 Å². The molecule has 0 spiro atoms. The van der Waals surface area contributed by atoms with Crippen molar-refractivity contribution < 1.29 is 14.3 Å². The Kier molecular flexibility index (Phi) is 5.59. The first-order valence-electron chi connectivity index (χ1n) is 6.48. The maximum atomic E-state index is 11.8. The van der Waals surface area contributed by atoms with Crippen molar-refractivity contribution in [3.8, 4) is 5.75 Å². The van der Waals surface area contributed by atoms with E-state index in [1.165, 1.54) is 11.3 Å². The molecule has 2 rings (SSSR count). The highest BCUT2D eigenvalue weighted by Crippen LogP contribution is 2.26. The van der Waals surface area contributed by atoms with Crippen molar-refractivity contribution in [2.45, 2.75) is 6.10 Å². The summed E-state index contributed by atoms with van der Waals surface area (Å²) < 4.78 is 10.8. The zero-order valence-corrected chi connectivity index (χ0v) is 12.8. The predicted octanol–water partition coefficient (Wildman–Crippen LogP) is 3.27. The standard InChI is InChI=1S/C15H18N2O3S/c1-19-12-7-4-3-6-11(12)13(20-2)10-16-15(18)17-14-8-5-9-21-14/h3-9,13H,10H2,1-2H3,(H2,16,17,18)/t13-/m0/s1. The van der Waals surface area contributed by atoms with Crippen molar-refractivity contribution in [1.82, 2.24) is 5.32 Å². The minimum Gasteiger partial charge on any atom is -0.496 e. The van der Waals surface area contributed by atoms with Gasteiger partial charge in [-0.3, -0.25) is 5.32 Å². The summed E-state index contributed by atoms with van der Waals surface area (Å²) in [7, 11) is 3.22. The number of amides is 2. The molecule has 2 aromatic rings. The Morgan fingerprint density at radius 3 is 2.71 bits per heavy atom. The number of hydrogen-bond donors (Lipinski definition) is 2. The summed E-state index contributed by atoms with van der Waals surface area (Å²) in [6.45, 7) is 0.355. The Labute approximate surface area is 127 Å². The maximum absolute atomic E-state index is 11.8. The quantitative estimate of drug-likeness (QED) is 0.861. The smallest absolute Gasteiger partial charge is 0.319 e. The van der Waals surface area contributed by atoms with Crippen LogP contribution in [0.5, 0.6) is 5.75 Å². The zero-order chi connectivity index (χ0) is 15.1. The van der Waals surface area contributed by atoms with Gasteiger partial charge in [-0.1, -0.05) is 18.2 Å². The molecule has 0 fully saturated rings. The van der Waals surface area contributed by atoms with Gasteiger partial charge in [-0.05, 0) is 23.6 Å². The Morgan fingerprint density at radius 2 is 2.05 bits per heavy atom. The number of carbonyl (C=O) groups excluding carboxylic acids is 1. The third-order valence-electron chi connectivity index (χ3n) is 2.98. The SMILES string of the molecule is COc1ccccc1[C@H](CNC(=O)Nc1cccs1)OC. The van der Waals surface area contributed by atoms with Crippen LogP contribution < -0.4 is 15.4 Å². The highest BCUT2D eigenvalue weighted by Gasteiger charge is 2.16. The number of anilines is 1. The van der Waals surface area contributed by atoms with Crippen LogP contribution in [0.3, 0.4) is 0 Å². The lowest BCUT2D eigenvalue weighted by Gasteiger charge is -2.19. The van der Waals surface area contributed by atoms with Crippen LogP contribution in [0.15, 0.2) is 41.8 Å². The summed E-state index contributed by atoms with van der Waals surface area (Å²) in [6, 6.07) is 11.1. The van der Waals surface area contributed by atoms with Crippen molar-refractivity contribution in [3.05, 3.63) is 47.3 Å². The second-order valence-electron chi connectivity index (χ2n) is 4.28. The first-order chi connectivity index (χ1) is 10.2. The van der Waals surface area contributed by atoms with E-state index in [2.05, 4.69) is 10.6 Å². The highest BCUT2D eigenvalue weighted by atomic mass is 32.1. The van der Waals surface area contributed by atoms with E-state index in [0.29, 0.717) is 6.54 Å². The first kappa shape index (κ1) is 15.3. The fraction of sp³-hybridized carbons (Fsp3) is 0.267. The third-order valence-corrected chi connectivity index (χ3v) is 3.76. The van der Waals surface area contributed by atoms with Crippen LogP contribution in [0, 0.1) is 0 Å². The molecule has 2 amide bonds. The van der Waals surface area contributed by atoms with Crippen molar-refractivity contribution in [3.63, 3.8) is 0 Å². The Balaban J connectivity index is 1.94. The molecule has 1 atom stereocenters. The van der Waals surface area contributed by atoms with E-state index in [-0.39, 0.29) is 12.1 Å². The molecule has 21 heavy (non-hydrogen) atoms. The van der Waals surface area contributed by atoms with Gasteiger partial charge in [0.05, 0.1) is 12.1 Å². The molecule has 6 heteroatoms. The molecule has 0 aliphatic heterocycles. The molecule has 0 radical (unpaired) electrons. The molecule has 0 unspecified atom stereocenters. The third kappa shape index (κ3) is 4.21. The molecule has 0 saturated heterocycles. The minimum absolute atomic E-state index is 0.255. The van der Waals surface area contributed by atoms with Crippen LogP contribution >= 0.6 is 11.3 Å². The van der Waals surface area contributed by atoms with Crippen LogP contribution in [-0.2, 0) is 4.74 Å². The molecule has 0 aliphatic rings. The molecule has 0 bridgehead atoms. The normalized spacial score (nSPS) is 11.7. The van der Waals surface area contributed by atoms with E-state index >= 15 is 0 Å². The Morgan fingerprint density at radius 1 is 1.24 bits per heavy atom. The van der Waals surface area contributed by atoms with Crippen LogP contribution in [-0.4, -0.2) is 26.8 Å². The fourth-order valence-electron chi connectivity index (χ4n) is 1.94. The van der Waals surface area contributed by atoms with Crippen LogP contribution in [0.1, 0.15) is 11.7 Å². The molecule has 1 aromatic heterocycles. The summed E-state index contributed by atoms with van der Waals surface area (Å²) in [5.41, 5.74) is 0.902. The van der Waals surface area contributed by atoms with Crippen molar-refractivity contribution in [2.24, 2.45) is 0 Å². The number of rotatable bonds is 6. The number of thiophene rings is 1. The van der Waals surface area contributed by atoms with E-state index < -0.39 is 0 Å². The molecule has 5 nitrogen and oxygen atoms in total. The van der Waals surface area contributed by atoms with Crippen LogP contribution in [0.4, 0.5) is 9.80 Å². The molecule has 112 valence electrons. The number of nitrogens with one attached hydrogen (secondary N) is 2. The van der Waals surface area contributed by atoms with Gasteiger partial charge in [0.25, 0.3) is 0 Å².